The van der Waals surface area contributed by atoms with Crippen molar-refractivity contribution in [2.45, 2.75) is 4.90 Å². The third kappa shape index (κ3) is 3.81. The smallest absolute Gasteiger partial charge is 0.200 e. The molecule has 0 aromatic heterocycles. The average molecular weight is 295 g/mol. The Morgan fingerprint density at radius 2 is 1.63 bits per heavy atom. The van der Waals surface area contributed by atoms with Gasteiger partial charge in [0.25, 0.3) is 10.0 Å². The maximum Gasteiger partial charge on any atom is 0.276 e. The van der Waals surface area contributed by atoms with Crippen LogP contribution in [0.25, 0.3) is 0 Å². The molecule has 98 valence electrons. The molecule has 0 heterocycles. The fourth-order valence-electron chi connectivity index (χ4n) is 1.38. The Balaban J connectivity index is 2.10. The van der Waals surface area contributed by atoms with E-state index in [0.29, 0.717) is 5.02 Å². The molecule has 4 nitrogen and oxygen atoms in total. The summed E-state index contributed by atoms with van der Waals surface area (Å²) in [5.74, 6) is 0. The highest BCUT2D eigenvalue weighted by molar-refractivity contribution is 7.89. The lowest BCUT2D eigenvalue weighted by atomic mass is 10.2. The number of halogens is 1. The summed E-state index contributed by atoms with van der Waals surface area (Å²) in [6.07, 6.45) is 1.44. The molecule has 0 aliphatic heterocycles. The first-order valence-corrected chi connectivity index (χ1v) is 7.29. The molecule has 0 amide bonds. The number of sulfonamides is 1. The van der Waals surface area contributed by atoms with Crippen LogP contribution in [0, 0.1) is 0 Å². The van der Waals surface area contributed by atoms with Gasteiger partial charge in [-0.3, -0.25) is 0 Å². The van der Waals surface area contributed by atoms with Crippen LogP contribution in [0.2, 0.25) is 5.02 Å². The summed E-state index contributed by atoms with van der Waals surface area (Å²) in [5.41, 5.74) is 0.807. The second-order valence-corrected chi connectivity index (χ2v) is 5.81. The van der Waals surface area contributed by atoms with Crippen LogP contribution in [0.1, 0.15) is 5.56 Å². The number of hydrogen-bond donors (Lipinski definition) is 1. The molecule has 2 aromatic rings. The average Bonchev–Trinajstić information content (AvgIpc) is 2.40. The molecule has 0 aliphatic carbocycles. The number of hydrogen-bond acceptors (Lipinski definition) is 3. The van der Waals surface area contributed by atoms with Gasteiger partial charge in [-0.2, -0.15) is 13.5 Å². The van der Waals surface area contributed by atoms with Gasteiger partial charge in [0.2, 0.25) is 0 Å². The van der Waals surface area contributed by atoms with Gasteiger partial charge in [-0.15, -0.1) is 0 Å². The molecule has 0 spiro atoms. The normalized spacial score (nSPS) is 11.6. The molecule has 2 rings (SSSR count). The molecule has 0 radical (unpaired) electrons. The lowest BCUT2D eigenvalue weighted by Gasteiger charge is -2.02. The largest absolute Gasteiger partial charge is 0.276 e. The Morgan fingerprint density at radius 1 is 1.00 bits per heavy atom. The zero-order chi connectivity index (χ0) is 13.7. The van der Waals surface area contributed by atoms with Crippen LogP contribution in [0.3, 0.4) is 0 Å². The van der Waals surface area contributed by atoms with E-state index in [-0.39, 0.29) is 4.90 Å². The predicted octanol–water partition coefficient (Wildman–Crippen LogP) is 2.65. The Labute approximate surface area is 116 Å². The highest BCUT2D eigenvalue weighted by atomic mass is 35.5. The van der Waals surface area contributed by atoms with Gasteiger partial charge in [-0.05, 0) is 29.8 Å². The highest BCUT2D eigenvalue weighted by Crippen LogP contribution is 2.13. The van der Waals surface area contributed by atoms with Gasteiger partial charge < -0.3 is 0 Å². The van der Waals surface area contributed by atoms with E-state index in [1.54, 1.807) is 0 Å². The summed E-state index contributed by atoms with van der Waals surface area (Å²) in [5, 5.41) is 4.19. The summed E-state index contributed by atoms with van der Waals surface area (Å²) < 4.78 is 23.7. The monoisotopic (exact) mass is 294 g/mol. The fourth-order valence-corrected chi connectivity index (χ4v) is 2.29. The van der Waals surface area contributed by atoms with Crippen LogP contribution >= 0.6 is 11.6 Å². The van der Waals surface area contributed by atoms with Gasteiger partial charge in [-0.1, -0.05) is 41.9 Å². The van der Waals surface area contributed by atoms with Gasteiger partial charge in [0, 0.05) is 5.02 Å². The molecule has 0 atom stereocenters. The topological polar surface area (TPSA) is 58.5 Å². The number of nitrogens with zero attached hydrogens (tertiary/aromatic N) is 1. The lowest BCUT2D eigenvalue weighted by molar-refractivity contribution is 0.584. The van der Waals surface area contributed by atoms with E-state index in [2.05, 4.69) is 9.93 Å². The molecule has 1 N–H and O–H groups in total. The third-order valence-electron chi connectivity index (χ3n) is 2.31. The van der Waals surface area contributed by atoms with Crippen molar-refractivity contribution in [3.8, 4) is 0 Å². The van der Waals surface area contributed by atoms with Crippen molar-refractivity contribution in [2.75, 3.05) is 0 Å². The highest BCUT2D eigenvalue weighted by Gasteiger charge is 2.11. The van der Waals surface area contributed by atoms with E-state index in [9.17, 15) is 8.42 Å². The molecule has 0 bridgehead atoms. The van der Waals surface area contributed by atoms with Crippen molar-refractivity contribution in [3.05, 3.63) is 65.2 Å². The van der Waals surface area contributed by atoms with Crippen LogP contribution in [0.4, 0.5) is 0 Å². The number of nitrogens with one attached hydrogen (secondary N) is 1. The van der Waals surface area contributed by atoms with E-state index in [4.69, 9.17) is 11.6 Å². The first-order chi connectivity index (χ1) is 9.08. The van der Waals surface area contributed by atoms with Crippen LogP contribution in [0.5, 0.6) is 0 Å². The van der Waals surface area contributed by atoms with Crippen molar-refractivity contribution in [1.29, 1.82) is 0 Å². The summed E-state index contributed by atoms with van der Waals surface area (Å²) >= 11 is 5.70. The van der Waals surface area contributed by atoms with Gasteiger partial charge in [0.15, 0.2) is 0 Å². The minimum atomic E-state index is -3.65. The third-order valence-corrected chi connectivity index (χ3v) is 3.80. The van der Waals surface area contributed by atoms with Crippen molar-refractivity contribution < 1.29 is 8.42 Å². The zero-order valence-electron chi connectivity index (χ0n) is 9.82. The molecular weight excluding hydrogens is 284 g/mol. The van der Waals surface area contributed by atoms with E-state index >= 15 is 0 Å². The summed E-state index contributed by atoms with van der Waals surface area (Å²) in [4.78, 5) is 2.25. The first-order valence-electron chi connectivity index (χ1n) is 5.43. The SMILES string of the molecule is O=S(=O)(NN=Cc1ccccc1)c1ccc(Cl)cc1. The molecule has 0 saturated carbocycles. The van der Waals surface area contributed by atoms with Crippen molar-refractivity contribution in [3.63, 3.8) is 0 Å². The van der Waals surface area contributed by atoms with Crippen molar-refractivity contribution >= 4 is 27.8 Å². The van der Waals surface area contributed by atoms with E-state index in [1.807, 2.05) is 30.3 Å². The summed E-state index contributed by atoms with van der Waals surface area (Å²) in [6.45, 7) is 0. The number of rotatable bonds is 4. The molecular formula is C13H11ClN2O2S. The molecule has 0 unspecified atom stereocenters. The lowest BCUT2D eigenvalue weighted by Crippen LogP contribution is -2.18. The molecule has 2 aromatic carbocycles. The van der Waals surface area contributed by atoms with Gasteiger partial charge in [0.1, 0.15) is 0 Å². The van der Waals surface area contributed by atoms with Gasteiger partial charge in [0.05, 0.1) is 11.1 Å². The Bertz CT molecular complexity index is 668. The van der Waals surface area contributed by atoms with Crippen LogP contribution in [-0.2, 0) is 10.0 Å². The van der Waals surface area contributed by atoms with Crippen LogP contribution < -0.4 is 4.83 Å². The van der Waals surface area contributed by atoms with E-state index in [1.165, 1.54) is 30.5 Å². The number of hydrazone groups is 1. The van der Waals surface area contributed by atoms with Gasteiger partial charge in [-0.25, -0.2) is 4.83 Å². The number of benzene rings is 2. The first kappa shape index (κ1) is 13.6. The Kier molecular flexibility index (Phi) is 4.19. The molecule has 19 heavy (non-hydrogen) atoms. The van der Waals surface area contributed by atoms with Crippen molar-refractivity contribution in [1.82, 2.24) is 4.83 Å². The summed E-state index contributed by atoms with van der Waals surface area (Å²) in [7, 11) is -3.65. The molecule has 0 aliphatic rings. The Morgan fingerprint density at radius 3 is 2.26 bits per heavy atom. The second kappa shape index (κ2) is 5.86. The Hall–Kier alpha value is -1.85. The molecule has 6 heteroatoms. The zero-order valence-corrected chi connectivity index (χ0v) is 11.4. The van der Waals surface area contributed by atoms with Gasteiger partial charge >= 0.3 is 0 Å². The second-order valence-electron chi connectivity index (χ2n) is 3.72. The maximum atomic E-state index is 11.9. The van der Waals surface area contributed by atoms with E-state index < -0.39 is 10.0 Å². The minimum Gasteiger partial charge on any atom is -0.200 e. The maximum absolute atomic E-state index is 11.9. The standard InChI is InChI=1S/C13H11ClN2O2S/c14-12-6-8-13(9-7-12)19(17,18)16-15-10-11-4-2-1-3-5-11/h1-10,16H. The van der Waals surface area contributed by atoms with E-state index in [0.717, 1.165) is 5.56 Å². The molecule has 0 fully saturated rings. The van der Waals surface area contributed by atoms with Crippen LogP contribution in [-0.4, -0.2) is 14.6 Å². The predicted molar refractivity (Wildman–Crippen MR) is 75.8 cm³/mol. The fraction of sp³-hybridized carbons (Fsp3) is 0. The molecule has 0 saturated heterocycles. The van der Waals surface area contributed by atoms with Crippen LogP contribution in [0.15, 0.2) is 64.6 Å². The summed E-state index contributed by atoms with van der Waals surface area (Å²) in [6, 6.07) is 15.1. The minimum absolute atomic E-state index is 0.113. The van der Waals surface area contributed by atoms with Crippen molar-refractivity contribution in [2.24, 2.45) is 5.10 Å². The quantitative estimate of drug-likeness (QED) is 0.696.